The fourth-order valence-corrected chi connectivity index (χ4v) is 2.13. The standard InChI is InChI=1S/C13H24N2O3/c1-3-18-12(16)7-5-4-6-9-15-10-8-14-13(17)11(15)2/h11H,3-10H2,1-2H3,(H,14,17)/t11-/m0/s1. The number of nitrogens with zero attached hydrogens (tertiary/aromatic N) is 1. The molecule has 0 aromatic heterocycles. The van der Waals surface area contributed by atoms with Crippen molar-refractivity contribution in [2.75, 3.05) is 26.2 Å². The Morgan fingerprint density at radius 3 is 2.94 bits per heavy atom. The van der Waals surface area contributed by atoms with Crippen molar-refractivity contribution in [3.05, 3.63) is 0 Å². The lowest BCUT2D eigenvalue weighted by Crippen LogP contribution is -2.53. The number of piperazine rings is 1. The van der Waals surface area contributed by atoms with Gasteiger partial charge in [0.2, 0.25) is 5.91 Å². The summed E-state index contributed by atoms with van der Waals surface area (Å²) in [6.07, 6.45) is 3.40. The highest BCUT2D eigenvalue weighted by molar-refractivity contribution is 5.81. The van der Waals surface area contributed by atoms with Gasteiger partial charge in [-0.3, -0.25) is 14.5 Å². The lowest BCUT2D eigenvalue weighted by Gasteiger charge is -2.32. The molecule has 1 rings (SSSR count). The van der Waals surface area contributed by atoms with E-state index in [-0.39, 0.29) is 17.9 Å². The topological polar surface area (TPSA) is 58.6 Å². The van der Waals surface area contributed by atoms with Crippen molar-refractivity contribution in [2.45, 2.75) is 45.6 Å². The molecule has 5 nitrogen and oxygen atoms in total. The molecular formula is C13H24N2O3. The lowest BCUT2D eigenvalue weighted by molar-refractivity contribution is -0.143. The molecule has 18 heavy (non-hydrogen) atoms. The second-order valence-electron chi connectivity index (χ2n) is 4.62. The molecule has 0 radical (unpaired) electrons. The summed E-state index contributed by atoms with van der Waals surface area (Å²) in [5, 5.41) is 2.85. The van der Waals surface area contributed by atoms with Crippen LogP contribution in [0, 0.1) is 0 Å². The Morgan fingerprint density at radius 2 is 2.22 bits per heavy atom. The Morgan fingerprint density at radius 1 is 1.44 bits per heavy atom. The highest BCUT2D eigenvalue weighted by atomic mass is 16.5. The number of carbonyl (C=O) groups excluding carboxylic acids is 2. The molecule has 1 fully saturated rings. The minimum atomic E-state index is -0.108. The van der Waals surface area contributed by atoms with Gasteiger partial charge in [0.1, 0.15) is 0 Å². The zero-order chi connectivity index (χ0) is 13.4. The van der Waals surface area contributed by atoms with Gasteiger partial charge in [0, 0.05) is 19.5 Å². The van der Waals surface area contributed by atoms with Crippen LogP contribution in [-0.4, -0.2) is 49.1 Å². The number of esters is 1. The SMILES string of the molecule is CCOC(=O)CCCCCN1CCNC(=O)[C@@H]1C. The number of hydrogen-bond acceptors (Lipinski definition) is 4. The van der Waals surface area contributed by atoms with E-state index in [2.05, 4.69) is 10.2 Å². The van der Waals surface area contributed by atoms with Crippen molar-refractivity contribution in [2.24, 2.45) is 0 Å². The molecule has 1 heterocycles. The van der Waals surface area contributed by atoms with Gasteiger partial charge < -0.3 is 10.1 Å². The van der Waals surface area contributed by atoms with E-state index in [1.807, 2.05) is 13.8 Å². The predicted octanol–water partition coefficient (Wildman–Crippen LogP) is 0.930. The summed E-state index contributed by atoms with van der Waals surface area (Å²) in [6, 6.07) is -0.0243. The predicted molar refractivity (Wildman–Crippen MR) is 69.1 cm³/mol. The fraction of sp³-hybridized carbons (Fsp3) is 0.846. The average Bonchev–Trinajstić information content (AvgIpc) is 2.34. The first-order chi connectivity index (χ1) is 8.65. The van der Waals surface area contributed by atoms with Gasteiger partial charge in [-0.2, -0.15) is 0 Å². The van der Waals surface area contributed by atoms with Crippen molar-refractivity contribution in [1.29, 1.82) is 0 Å². The molecule has 1 saturated heterocycles. The van der Waals surface area contributed by atoms with E-state index in [4.69, 9.17) is 4.74 Å². The smallest absolute Gasteiger partial charge is 0.305 e. The van der Waals surface area contributed by atoms with E-state index in [0.29, 0.717) is 13.0 Å². The largest absolute Gasteiger partial charge is 0.466 e. The van der Waals surface area contributed by atoms with Gasteiger partial charge in [0.15, 0.2) is 0 Å². The maximum atomic E-state index is 11.4. The minimum Gasteiger partial charge on any atom is -0.466 e. The molecule has 1 atom stereocenters. The summed E-state index contributed by atoms with van der Waals surface area (Å²) < 4.78 is 4.87. The fourth-order valence-electron chi connectivity index (χ4n) is 2.13. The zero-order valence-corrected chi connectivity index (χ0v) is 11.4. The number of ether oxygens (including phenoxy) is 1. The minimum absolute atomic E-state index is 0.0243. The molecule has 0 spiro atoms. The van der Waals surface area contributed by atoms with Gasteiger partial charge in [-0.25, -0.2) is 0 Å². The van der Waals surface area contributed by atoms with Gasteiger partial charge in [-0.15, -0.1) is 0 Å². The first-order valence-electron chi connectivity index (χ1n) is 6.82. The van der Waals surface area contributed by atoms with E-state index < -0.39 is 0 Å². The van der Waals surface area contributed by atoms with Crippen molar-refractivity contribution in [3.63, 3.8) is 0 Å². The van der Waals surface area contributed by atoms with E-state index in [0.717, 1.165) is 38.9 Å². The molecule has 0 unspecified atom stereocenters. The molecule has 5 heteroatoms. The summed E-state index contributed by atoms with van der Waals surface area (Å²) in [4.78, 5) is 24.8. The molecule has 1 amide bonds. The molecule has 1 aliphatic heterocycles. The van der Waals surface area contributed by atoms with Gasteiger partial charge in [-0.1, -0.05) is 6.42 Å². The number of unbranched alkanes of at least 4 members (excludes halogenated alkanes) is 2. The maximum absolute atomic E-state index is 11.4. The zero-order valence-electron chi connectivity index (χ0n) is 11.4. The van der Waals surface area contributed by atoms with Gasteiger partial charge >= 0.3 is 5.97 Å². The molecule has 0 aliphatic carbocycles. The molecule has 1 aliphatic rings. The third-order valence-corrected chi connectivity index (χ3v) is 3.26. The monoisotopic (exact) mass is 256 g/mol. The molecule has 0 aromatic carbocycles. The number of nitrogens with one attached hydrogen (secondary N) is 1. The third kappa shape index (κ3) is 5.04. The number of carbonyl (C=O) groups is 2. The van der Waals surface area contributed by atoms with Crippen LogP contribution < -0.4 is 5.32 Å². The molecule has 104 valence electrons. The Kier molecular flexibility index (Phi) is 6.72. The maximum Gasteiger partial charge on any atom is 0.305 e. The van der Waals surface area contributed by atoms with Gasteiger partial charge in [0.05, 0.1) is 12.6 Å². The van der Waals surface area contributed by atoms with E-state index in [1.54, 1.807) is 0 Å². The lowest BCUT2D eigenvalue weighted by atomic mass is 10.1. The van der Waals surface area contributed by atoms with Crippen molar-refractivity contribution in [3.8, 4) is 0 Å². The third-order valence-electron chi connectivity index (χ3n) is 3.26. The van der Waals surface area contributed by atoms with Crippen molar-refractivity contribution >= 4 is 11.9 Å². The van der Waals surface area contributed by atoms with Crippen LogP contribution in [0.5, 0.6) is 0 Å². The Bertz CT molecular complexity index is 281. The summed E-state index contributed by atoms with van der Waals surface area (Å²) in [5.41, 5.74) is 0. The second kappa shape index (κ2) is 8.08. The summed E-state index contributed by atoms with van der Waals surface area (Å²) in [7, 11) is 0. The summed E-state index contributed by atoms with van der Waals surface area (Å²) in [5.74, 6) is 0.0102. The first-order valence-corrected chi connectivity index (χ1v) is 6.82. The van der Waals surface area contributed by atoms with Gasteiger partial charge in [-0.05, 0) is 33.2 Å². The first kappa shape index (κ1) is 15.0. The van der Waals surface area contributed by atoms with Crippen LogP contribution in [-0.2, 0) is 14.3 Å². The normalized spacial score (nSPS) is 20.6. The number of hydrogen-bond donors (Lipinski definition) is 1. The second-order valence-corrected chi connectivity index (χ2v) is 4.62. The van der Waals surface area contributed by atoms with Crippen LogP contribution in [0.4, 0.5) is 0 Å². The van der Waals surface area contributed by atoms with Crippen LogP contribution in [0.15, 0.2) is 0 Å². The van der Waals surface area contributed by atoms with E-state index >= 15 is 0 Å². The van der Waals surface area contributed by atoms with Crippen LogP contribution in [0.3, 0.4) is 0 Å². The van der Waals surface area contributed by atoms with Crippen LogP contribution in [0.25, 0.3) is 0 Å². The quantitative estimate of drug-likeness (QED) is 0.544. The Hall–Kier alpha value is -1.10. The van der Waals surface area contributed by atoms with E-state index in [9.17, 15) is 9.59 Å². The Balaban J connectivity index is 2.07. The molecule has 0 aromatic rings. The average molecular weight is 256 g/mol. The van der Waals surface area contributed by atoms with Crippen molar-refractivity contribution in [1.82, 2.24) is 10.2 Å². The highest BCUT2D eigenvalue weighted by Gasteiger charge is 2.24. The van der Waals surface area contributed by atoms with E-state index in [1.165, 1.54) is 0 Å². The van der Waals surface area contributed by atoms with Crippen LogP contribution in [0.1, 0.15) is 39.5 Å². The van der Waals surface area contributed by atoms with Gasteiger partial charge in [0.25, 0.3) is 0 Å². The Labute approximate surface area is 109 Å². The summed E-state index contributed by atoms with van der Waals surface area (Å²) in [6.45, 7) is 6.81. The van der Waals surface area contributed by atoms with Crippen LogP contribution >= 0.6 is 0 Å². The van der Waals surface area contributed by atoms with Crippen molar-refractivity contribution < 1.29 is 14.3 Å². The molecule has 0 saturated carbocycles. The molecular weight excluding hydrogens is 232 g/mol. The summed E-state index contributed by atoms with van der Waals surface area (Å²) >= 11 is 0. The molecule has 1 N–H and O–H groups in total. The number of amides is 1. The number of rotatable bonds is 7. The molecule has 0 bridgehead atoms. The highest BCUT2D eigenvalue weighted by Crippen LogP contribution is 2.08. The van der Waals surface area contributed by atoms with Crippen LogP contribution in [0.2, 0.25) is 0 Å².